The van der Waals surface area contributed by atoms with Crippen molar-refractivity contribution in [2.24, 2.45) is 9.98 Å². The highest BCUT2D eigenvalue weighted by molar-refractivity contribution is 5.97. The standard InChI is InChI=1S/C32H38N8O/c1-3-41-32-36-28-21-40(29-10-5-9-25-8-4-7-24(2)30(25)29)19-13-27(28)31(37-32)39-17-11-26(12-18-39)35-22-33-14-6-16-38-20-15-34-23-38/h4-5,7-10,15,20,23,26H,3,6,11-14,16-19,21H2,1-2H3. The van der Waals surface area contributed by atoms with Gasteiger partial charge in [-0.15, -0.1) is 0 Å². The lowest BCUT2D eigenvalue weighted by Crippen LogP contribution is -2.38. The van der Waals surface area contributed by atoms with Crippen LogP contribution < -0.4 is 14.5 Å². The van der Waals surface area contributed by atoms with Crippen LogP contribution in [0, 0.1) is 6.92 Å². The van der Waals surface area contributed by atoms with Crippen LogP contribution in [0.3, 0.4) is 0 Å². The van der Waals surface area contributed by atoms with Gasteiger partial charge in [0.2, 0.25) is 0 Å². The summed E-state index contributed by atoms with van der Waals surface area (Å²) in [5.41, 5.74) is 4.89. The molecule has 0 aliphatic carbocycles. The van der Waals surface area contributed by atoms with Crippen molar-refractivity contribution in [3.05, 3.63) is 71.9 Å². The number of nitrogens with zero attached hydrogens (tertiary/aromatic N) is 8. The zero-order valence-electron chi connectivity index (χ0n) is 24.0. The zero-order chi connectivity index (χ0) is 28.0. The topological polar surface area (TPSA) is 84.0 Å². The van der Waals surface area contributed by atoms with E-state index in [9.17, 15) is 0 Å². The molecule has 0 amide bonds. The van der Waals surface area contributed by atoms with Gasteiger partial charge in [-0.1, -0.05) is 30.3 Å². The van der Waals surface area contributed by atoms with Crippen molar-refractivity contribution in [3.63, 3.8) is 0 Å². The molecule has 2 aromatic heterocycles. The average Bonchev–Trinajstić information content (AvgIpc) is 3.52. The van der Waals surface area contributed by atoms with Gasteiger partial charge in [0.15, 0.2) is 0 Å². The van der Waals surface area contributed by atoms with E-state index < -0.39 is 0 Å². The fourth-order valence-electron chi connectivity index (χ4n) is 5.95. The Bertz CT molecular complexity index is 1530. The lowest BCUT2D eigenvalue weighted by atomic mass is 9.99. The number of anilines is 2. The summed E-state index contributed by atoms with van der Waals surface area (Å²) in [5, 5.41) is 2.60. The van der Waals surface area contributed by atoms with Gasteiger partial charge in [-0.2, -0.15) is 9.97 Å². The number of rotatable bonds is 9. The highest BCUT2D eigenvalue weighted by Crippen LogP contribution is 2.36. The molecule has 0 unspecified atom stereocenters. The van der Waals surface area contributed by atoms with Gasteiger partial charge in [0.1, 0.15) is 5.82 Å². The molecule has 0 bridgehead atoms. The normalized spacial score (nSPS) is 15.5. The van der Waals surface area contributed by atoms with Gasteiger partial charge in [-0.05, 0) is 56.5 Å². The molecule has 0 saturated carbocycles. The van der Waals surface area contributed by atoms with Crippen LogP contribution in [0.5, 0.6) is 6.01 Å². The van der Waals surface area contributed by atoms with Crippen molar-refractivity contribution >= 4 is 28.3 Å². The minimum atomic E-state index is 0.248. The fourth-order valence-corrected chi connectivity index (χ4v) is 5.95. The number of benzene rings is 2. The second kappa shape index (κ2) is 12.5. The Labute approximate surface area is 241 Å². The molecule has 0 radical (unpaired) electrons. The Morgan fingerprint density at radius 2 is 1.90 bits per heavy atom. The van der Waals surface area contributed by atoms with E-state index in [2.05, 4.69) is 78.7 Å². The van der Waals surface area contributed by atoms with Gasteiger partial charge in [0.05, 0.1) is 43.8 Å². The molecule has 4 heterocycles. The number of aryl methyl sites for hydroxylation is 2. The second-order valence-electron chi connectivity index (χ2n) is 10.8. The predicted molar refractivity (Wildman–Crippen MR) is 163 cm³/mol. The molecular weight excluding hydrogens is 512 g/mol. The summed E-state index contributed by atoms with van der Waals surface area (Å²) in [6, 6.07) is 16.8. The quantitative estimate of drug-likeness (QED) is 0.207. The van der Waals surface area contributed by atoms with E-state index >= 15 is 0 Å². The van der Waals surface area contributed by atoms with Gasteiger partial charge in [0, 0.05) is 55.2 Å². The fraction of sp³-hybridized carbons (Fsp3) is 0.438. The Hall–Kier alpha value is -4.23. The van der Waals surface area contributed by atoms with Crippen LogP contribution in [0.4, 0.5) is 11.5 Å². The molecule has 2 aliphatic heterocycles. The Morgan fingerprint density at radius 3 is 2.71 bits per heavy atom. The smallest absolute Gasteiger partial charge is 0.318 e. The molecule has 2 aliphatic rings. The monoisotopic (exact) mass is 550 g/mol. The van der Waals surface area contributed by atoms with Crippen LogP contribution in [-0.4, -0.2) is 64.4 Å². The molecular formula is C32H38N8O. The molecule has 9 nitrogen and oxygen atoms in total. The van der Waals surface area contributed by atoms with E-state index in [4.69, 9.17) is 14.7 Å². The molecule has 41 heavy (non-hydrogen) atoms. The summed E-state index contributed by atoms with van der Waals surface area (Å²) in [5.74, 6) is 1.03. The SMILES string of the molecule is CCOc1nc2c(c(N3CCC(N=C=NCCCn4ccnc4)CC3)n1)CCN(c1cccc3cccc(C)c13)C2. The molecule has 2 aromatic carbocycles. The van der Waals surface area contributed by atoms with E-state index in [1.54, 1.807) is 6.20 Å². The molecule has 6 rings (SSSR count). The minimum Gasteiger partial charge on any atom is -0.464 e. The summed E-state index contributed by atoms with van der Waals surface area (Å²) in [7, 11) is 0. The second-order valence-corrected chi connectivity index (χ2v) is 10.8. The number of hydrogen-bond donors (Lipinski definition) is 0. The Balaban J connectivity index is 1.14. The summed E-state index contributed by atoms with van der Waals surface area (Å²) in [6.45, 7) is 9.84. The number of piperidine rings is 1. The average molecular weight is 551 g/mol. The van der Waals surface area contributed by atoms with Crippen LogP contribution >= 0.6 is 0 Å². The van der Waals surface area contributed by atoms with Crippen molar-refractivity contribution in [2.75, 3.05) is 42.6 Å². The van der Waals surface area contributed by atoms with E-state index in [1.807, 2.05) is 19.4 Å². The predicted octanol–water partition coefficient (Wildman–Crippen LogP) is 5.33. The van der Waals surface area contributed by atoms with Crippen molar-refractivity contribution < 1.29 is 4.74 Å². The third-order valence-corrected chi connectivity index (χ3v) is 8.05. The number of imidazole rings is 1. The first-order valence-electron chi connectivity index (χ1n) is 14.8. The van der Waals surface area contributed by atoms with Crippen LogP contribution in [0.2, 0.25) is 0 Å². The minimum absolute atomic E-state index is 0.248. The largest absolute Gasteiger partial charge is 0.464 e. The summed E-state index contributed by atoms with van der Waals surface area (Å²) in [6.07, 6.45) is 9.38. The van der Waals surface area contributed by atoms with E-state index in [1.165, 1.54) is 27.6 Å². The van der Waals surface area contributed by atoms with Crippen molar-refractivity contribution in [2.45, 2.75) is 58.7 Å². The number of hydrogen-bond acceptors (Lipinski definition) is 8. The number of ether oxygens (including phenoxy) is 1. The molecule has 0 spiro atoms. The molecule has 4 aromatic rings. The lowest BCUT2D eigenvalue weighted by molar-refractivity contribution is 0.310. The molecule has 0 atom stereocenters. The first-order chi connectivity index (χ1) is 20.2. The van der Waals surface area contributed by atoms with Crippen LogP contribution in [0.1, 0.15) is 43.0 Å². The maximum absolute atomic E-state index is 5.85. The molecule has 9 heteroatoms. The third kappa shape index (κ3) is 6.10. The van der Waals surface area contributed by atoms with Crippen LogP contribution in [-0.2, 0) is 19.5 Å². The number of fused-ring (bicyclic) bond motifs is 2. The van der Waals surface area contributed by atoms with Crippen LogP contribution in [0.25, 0.3) is 10.8 Å². The number of aromatic nitrogens is 4. The third-order valence-electron chi connectivity index (χ3n) is 8.05. The molecule has 212 valence electrons. The maximum atomic E-state index is 5.85. The summed E-state index contributed by atoms with van der Waals surface area (Å²) >= 11 is 0. The number of aliphatic imine (C=N–C) groups is 2. The van der Waals surface area contributed by atoms with E-state index in [0.717, 1.165) is 76.5 Å². The van der Waals surface area contributed by atoms with E-state index in [0.29, 0.717) is 12.6 Å². The Morgan fingerprint density at radius 1 is 1.05 bits per heavy atom. The van der Waals surface area contributed by atoms with Crippen molar-refractivity contribution in [1.29, 1.82) is 0 Å². The first-order valence-corrected chi connectivity index (χ1v) is 14.8. The summed E-state index contributed by atoms with van der Waals surface area (Å²) < 4.78 is 7.91. The Kier molecular flexibility index (Phi) is 8.23. The lowest BCUT2D eigenvalue weighted by Gasteiger charge is -2.36. The van der Waals surface area contributed by atoms with Gasteiger partial charge in [0.25, 0.3) is 0 Å². The molecule has 1 fully saturated rings. The van der Waals surface area contributed by atoms with Crippen molar-refractivity contribution in [1.82, 2.24) is 19.5 Å². The molecule has 1 saturated heterocycles. The zero-order valence-corrected chi connectivity index (χ0v) is 24.0. The first kappa shape index (κ1) is 27.0. The van der Waals surface area contributed by atoms with Gasteiger partial charge >= 0.3 is 6.01 Å². The highest BCUT2D eigenvalue weighted by Gasteiger charge is 2.28. The van der Waals surface area contributed by atoms with Gasteiger partial charge in [-0.25, -0.2) is 15.0 Å². The van der Waals surface area contributed by atoms with Crippen molar-refractivity contribution in [3.8, 4) is 6.01 Å². The van der Waals surface area contributed by atoms with Crippen LogP contribution in [0.15, 0.2) is 65.1 Å². The van der Waals surface area contributed by atoms with E-state index in [-0.39, 0.29) is 6.04 Å². The summed E-state index contributed by atoms with van der Waals surface area (Å²) in [4.78, 5) is 27.7. The molecule has 0 N–H and O–H groups in total. The van der Waals surface area contributed by atoms with Gasteiger partial charge in [-0.3, -0.25) is 0 Å². The maximum Gasteiger partial charge on any atom is 0.318 e. The van der Waals surface area contributed by atoms with Gasteiger partial charge < -0.3 is 19.1 Å². The highest BCUT2D eigenvalue weighted by atomic mass is 16.5.